The molecule has 0 N–H and O–H groups in total. The summed E-state index contributed by atoms with van der Waals surface area (Å²) in [7, 11) is 0. The highest BCUT2D eigenvalue weighted by Crippen LogP contribution is 2.40. The molecule has 0 aromatic heterocycles. The van der Waals surface area contributed by atoms with Gasteiger partial charge in [0.25, 0.3) is 0 Å². The van der Waals surface area contributed by atoms with Gasteiger partial charge >= 0.3 is 0 Å². The van der Waals surface area contributed by atoms with Gasteiger partial charge in [-0.15, -0.1) is 0 Å². The molecular formula is C35H41NO3. The van der Waals surface area contributed by atoms with Gasteiger partial charge in [-0.2, -0.15) is 0 Å². The van der Waals surface area contributed by atoms with Crippen molar-refractivity contribution >= 4 is 16.9 Å². The Morgan fingerprint density at radius 3 is 2.26 bits per heavy atom. The lowest BCUT2D eigenvalue weighted by molar-refractivity contribution is 0.105. The molecule has 0 spiro atoms. The maximum Gasteiger partial charge on any atom is 0.193 e. The lowest BCUT2D eigenvalue weighted by Gasteiger charge is -2.24. The van der Waals surface area contributed by atoms with Crippen molar-refractivity contribution in [2.45, 2.75) is 58.3 Å². The van der Waals surface area contributed by atoms with E-state index in [4.69, 9.17) is 9.47 Å². The third-order valence-electron chi connectivity index (χ3n) is 7.90. The van der Waals surface area contributed by atoms with Gasteiger partial charge in [-0.1, -0.05) is 62.6 Å². The largest absolute Gasteiger partial charge is 0.494 e. The molecule has 1 aliphatic carbocycles. The van der Waals surface area contributed by atoms with E-state index < -0.39 is 0 Å². The average molecular weight is 524 g/mol. The van der Waals surface area contributed by atoms with E-state index in [0.29, 0.717) is 12.2 Å². The molecule has 0 saturated carbocycles. The number of allylic oxidation sites excluding steroid dienone is 2. The summed E-state index contributed by atoms with van der Waals surface area (Å²) in [5.74, 6) is 1.76. The monoisotopic (exact) mass is 523 g/mol. The third-order valence-corrected chi connectivity index (χ3v) is 7.90. The smallest absolute Gasteiger partial charge is 0.193 e. The van der Waals surface area contributed by atoms with Crippen LogP contribution in [0.1, 0.15) is 78.9 Å². The summed E-state index contributed by atoms with van der Waals surface area (Å²) in [4.78, 5) is 16.6. The van der Waals surface area contributed by atoms with Gasteiger partial charge in [-0.25, -0.2) is 0 Å². The van der Waals surface area contributed by atoms with Gasteiger partial charge in [0.15, 0.2) is 5.78 Å². The van der Waals surface area contributed by atoms with Crippen LogP contribution in [-0.2, 0) is 6.42 Å². The number of aryl methyl sites for hydroxylation is 1. The third kappa shape index (κ3) is 6.99. The maximum atomic E-state index is 14.1. The van der Waals surface area contributed by atoms with Crippen molar-refractivity contribution in [3.8, 4) is 11.5 Å². The number of nitrogens with zero attached hydrogens (tertiary/aromatic N) is 1. The normalized spacial score (nSPS) is 15.9. The minimum atomic E-state index is 0.0607. The van der Waals surface area contributed by atoms with Crippen LogP contribution in [0.25, 0.3) is 11.1 Å². The van der Waals surface area contributed by atoms with E-state index in [9.17, 15) is 4.79 Å². The van der Waals surface area contributed by atoms with E-state index in [1.54, 1.807) is 0 Å². The number of carbonyl (C=O) groups excluding carboxylic acids is 1. The minimum absolute atomic E-state index is 0.0607. The molecule has 3 aromatic carbocycles. The fraction of sp³-hybridized carbons (Fsp3) is 0.400. The summed E-state index contributed by atoms with van der Waals surface area (Å²) in [6.45, 7) is 6.85. The van der Waals surface area contributed by atoms with Crippen LogP contribution in [0.15, 0.2) is 72.8 Å². The van der Waals surface area contributed by atoms with Gasteiger partial charge in [0.05, 0.1) is 6.61 Å². The van der Waals surface area contributed by atoms with Gasteiger partial charge in [0.1, 0.15) is 18.1 Å². The number of hydrogen-bond donors (Lipinski definition) is 0. The van der Waals surface area contributed by atoms with Crippen LogP contribution in [0.2, 0.25) is 0 Å². The first kappa shape index (κ1) is 27.2. The van der Waals surface area contributed by atoms with E-state index in [0.717, 1.165) is 72.6 Å². The van der Waals surface area contributed by atoms with Gasteiger partial charge in [0, 0.05) is 17.7 Å². The molecule has 1 heterocycles. The Morgan fingerprint density at radius 2 is 1.51 bits per heavy atom. The Morgan fingerprint density at radius 1 is 0.795 bits per heavy atom. The van der Waals surface area contributed by atoms with Crippen LogP contribution in [-0.4, -0.2) is 43.5 Å². The fourth-order valence-electron chi connectivity index (χ4n) is 5.68. The number of benzene rings is 3. The molecule has 5 rings (SSSR count). The summed E-state index contributed by atoms with van der Waals surface area (Å²) in [6.07, 6.45) is 9.12. The van der Waals surface area contributed by atoms with Gasteiger partial charge < -0.3 is 9.47 Å². The molecule has 4 heteroatoms. The van der Waals surface area contributed by atoms with E-state index >= 15 is 0 Å². The number of ether oxygens (including phenoxy) is 2. The highest BCUT2D eigenvalue weighted by atomic mass is 16.5. The lowest BCUT2D eigenvalue weighted by atomic mass is 9.79. The van der Waals surface area contributed by atoms with Crippen LogP contribution in [0.4, 0.5) is 0 Å². The number of likely N-dealkylation sites (tertiary alicyclic amines) is 1. The first-order chi connectivity index (χ1) is 19.2. The zero-order valence-electron chi connectivity index (χ0n) is 23.3. The lowest BCUT2D eigenvalue weighted by Crippen LogP contribution is -2.29. The number of ketones is 1. The number of hydrogen-bond acceptors (Lipinski definition) is 4. The van der Waals surface area contributed by atoms with Crippen molar-refractivity contribution in [2.24, 2.45) is 0 Å². The van der Waals surface area contributed by atoms with Gasteiger partial charge in [-0.05, 0) is 104 Å². The molecule has 2 aliphatic rings. The molecule has 1 saturated heterocycles. The number of carbonyl (C=O) groups is 1. The standard InChI is InChI=1S/C35H41NO3/c1-2-3-24-38-31-18-20-33-29(26-31)15-19-32(27-11-7-6-8-12-27)34(33)35(37)28-13-16-30(17-14-28)39-25-23-36-21-9-4-5-10-22-36/h6-8,11-14,16-18,20,26H,2-5,9-10,15,19,21-25H2,1H3. The number of unbranched alkanes of at least 4 members (excludes halogenated alkanes) is 1. The van der Waals surface area contributed by atoms with Gasteiger partial charge in [0.2, 0.25) is 0 Å². The fourth-order valence-corrected chi connectivity index (χ4v) is 5.68. The van der Waals surface area contributed by atoms with Crippen molar-refractivity contribution in [2.75, 3.05) is 32.8 Å². The van der Waals surface area contributed by atoms with Crippen molar-refractivity contribution in [3.05, 3.63) is 95.1 Å². The Labute approximate surface area is 233 Å². The first-order valence-electron chi connectivity index (χ1n) is 14.8. The molecule has 0 unspecified atom stereocenters. The number of Topliss-reactive ketones (excluding diaryl/α,β-unsaturated/α-hetero) is 1. The topological polar surface area (TPSA) is 38.8 Å². The quantitative estimate of drug-likeness (QED) is 0.189. The van der Waals surface area contributed by atoms with Crippen molar-refractivity contribution in [1.29, 1.82) is 0 Å². The average Bonchev–Trinajstić information content (AvgIpc) is 3.26. The van der Waals surface area contributed by atoms with Crippen LogP contribution in [0.3, 0.4) is 0 Å². The van der Waals surface area contributed by atoms with E-state index in [2.05, 4.69) is 36.1 Å². The predicted molar refractivity (Wildman–Crippen MR) is 160 cm³/mol. The van der Waals surface area contributed by atoms with Crippen LogP contribution >= 0.6 is 0 Å². The molecule has 3 aromatic rings. The van der Waals surface area contributed by atoms with Crippen LogP contribution in [0.5, 0.6) is 11.5 Å². The zero-order valence-corrected chi connectivity index (χ0v) is 23.3. The van der Waals surface area contributed by atoms with E-state index in [1.807, 2.05) is 48.5 Å². The molecular weight excluding hydrogens is 482 g/mol. The first-order valence-corrected chi connectivity index (χ1v) is 14.8. The van der Waals surface area contributed by atoms with E-state index in [-0.39, 0.29) is 5.78 Å². The Kier molecular flexibility index (Phi) is 9.50. The molecule has 1 aliphatic heterocycles. The molecule has 0 amide bonds. The minimum Gasteiger partial charge on any atom is -0.494 e. The molecule has 1 fully saturated rings. The molecule has 0 radical (unpaired) electrons. The second-order valence-electron chi connectivity index (χ2n) is 10.7. The summed E-state index contributed by atoms with van der Waals surface area (Å²) < 4.78 is 12.0. The van der Waals surface area contributed by atoms with Crippen molar-refractivity contribution in [1.82, 2.24) is 4.90 Å². The summed E-state index contributed by atoms with van der Waals surface area (Å²) in [5.41, 5.74) is 5.92. The molecule has 0 atom stereocenters. The van der Waals surface area contributed by atoms with Crippen molar-refractivity contribution in [3.63, 3.8) is 0 Å². The number of rotatable bonds is 11. The maximum absolute atomic E-state index is 14.1. The number of fused-ring (bicyclic) bond motifs is 1. The summed E-state index contributed by atoms with van der Waals surface area (Å²) in [5, 5.41) is 0. The van der Waals surface area contributed by atoms with Crippen LogP contribution < -0.4 is 9.47 Å². The second kappa shape index (κ2) is 13.6. The Bertz CT molecular complexity index is 1250. The molecule has 4 nitrogen and oxygen atoms in total. The van der Waals surface area contributed by atoms with Crippen LogP contribution in [0, 0.1) is 0 Å². The summed E-state index contributed by atoms with van der Waals surface area (Å²) >= 11 is 0. The molecule has 39 heavy (non-hydrogen) atoms. The highest BCUT2D eigenvalue weighted by molar-refractivity contribution is 6.35. The Balaban J connectivity index is 1.35. The molecule has 204 valence electrons. The van der Waals surface area contributed by atoms with Crippen molar-refractivity contribution < 1.29 is 14.3 Å². The molecule has 0 bridgehead atoms. The van der Waals surface area contributed by atoms with E-state index in [1.165, 1.54) is 44.3 Å². The SMILES string of the molecule is CCCCOc1ccc2c(c1)CCC(c1ccccc1)=C2C(=O)c1ccc(OCCN2CCCCCC2)cc1. The Hall–Kier alpha value is -3.37. The zero-order chi connectivity index (χ0) is 26.9. The predicted octanol–water partition coefficient (Wildman–Crippen LogP) is 7.86. The highest BCUT2D eigenvalue weighted by Gasteiger charge is 2.26. The second-order valence-corrected chi connectivity index (χ2v) is 10.7. The van der Waals surface area contributed by atoms with Gasteiger partial charge in [-0.3, -0.25) is 9.69 Å². The summed E-state index contributed by atoms with van der Waals surface area (Å²) in [6, 6.07) is 24.2.